The zero-order chi connectivity index (χ0) is 16.4. The lowest BCUT2D eigenvalue weighted by Gasteiger charge is -2.15. The van der Waals surface area contributed by atoms with Gasteiger partial charge in [-0.3, -0.25) is 14.8 Å². The van der Waals surface area contributed by atoms with Crippen molar-refractivity contribution >= 4 is 39.6 Å². The third-order valence-corrected chi connectivity index (χ3v) is 4.99. The number of carbonyl (C=O) groups excluding carboxylic acids is 2. The van der Waals surface area contributed by atoms with E-state index in [-0.39, 0.29) is 11.9 Å². The number of rotatable bonds is 4. The van der Waals surface area contributed by atoms with Crippen LogP contribution < -0.4 is 5.32 Å². The molecule has 2 aromatic rings. The summed E-state index contributed by atoms with van der Waals surface area (Å²) in [5.41, 5.74) is 0.893. The van der Waals surface area contributed by atoms with Crippen molar-refractivity contribution in [3.8, 4) is 11.4 Å². The van der Waals surface area contributed by atoms with Gasteiger partial charge in [0.15, 0.2) is 5.82 Å². The van der Waals surface area contributed by atoms with Crippen LogP contribution in [-0.2, 0) is 4.79 Å². The second-order valence-corrected chi connectivity index (χ2v) is 7.09. The van der Waals surface area contributed by atoms with Gasteiger partial charge in [0.05, 0.1) is 5.25 Å². The number of halogens is 1. The van der Waals surface area contributed by atoms with Crippen molar-refractivity contribution < 1.29 is 9.59 Å². The fourth-order valence-electron chi connectivity index (χ4n) is 2.18. The lowest BCUT2D eigenvalue weighted by atomic mass is 10.2. The smallest absolute Gasteiger partial charge is 0.324 e. The molecule has 3 amide bonds. The molecule has 23 heavy (non-hydrogen) atoms. The minimum absolute atomic E-state index is 0.239. The number of hydrogen-bond acceptors (Lipinski definition) is 5. The molecule has 1 saturated heterocycles. The van der Waals surface area contributed by atoms with Crippen molar-refractivity contribution in [1.82, 2.24) is 25.4 Å². The van der Waals surface area contributed by atoms with Gasteiger partial charge in [-0.05, 0) is 13.0 Å². The number of nitrogens with zero attached hydrogens (tertiary/aromatic N) is 3. The molecule has 2 heterocycles. The quantitative estimate of drug-likeness (QED) is 0.774. The average molecular weight is 396 g/mol. The third-order valence-electron chi connectivity index (χ3n) is 3.35. The largest absolute Gasteiger partial charge is 0.336 e. The molecule has 1 atom stereocenters. The zero-order valence-electron chi connectivity index (χ0n) is 12.2. The van der Waals surface area contributed by atoms with Gasteiger partial charge in [0.25, 0.3) is 0 Å². The van der Waals surface area contributed by atoms with Crippen LogP contribution in [0.4, 0.5) is 4.79 Å². The Hall–Kier alpha value is -1.87. The summed E-state index contributed by atoms with van der Waals surface area (Å²) in [5.74, 6) is 0.385. The molecule has 0 radical (unpaired) electrons. The van der Waals surface area contributed by atoms with Crippen molar-refractivity contribution in [3.63, 3.8) is 0 Å². The zero-order valence-corrected chi connectivity index (χ0v) is 14.6. The van der Waals surface area contributed by atoms with E-state index in [2.05, 4.69) is 36.4 Å². The van der Waals surface area contributed by atoms with Crippen LogP contribution in [0.2, 0.25) is 0 Å². The van der Waals surface area contributed by atoms with Crippen molar-refractivity contribution in [2.24, 2.45) is 0 Å². The first-order chi connectivity index (χ1) is 11.1. The number of amides is 3. The van der Waals surface area contributed by atoms with Gasteiger partial charge in [0.2, 0.25) is 11.1 Å². The number of aromatic nitrogens is 3. The summed E-state index contributed by atoms with van der Waals surface area (Å²) < 4.78 is 0.908. The van der Waals surface area contributed by atoms with Gasteiger partial charge in [0.1, 0.15) is 0 Å². The Bertz CT molecular complexity index is 750. The molecule has 0 spiro atoms. The van der Waals surface area contributed by atoms with E-state index in [1.807, 2.05) is 24.3 Å². The van der Waals surface area contributed by atoms with Crippen LogP contribution >= 0.6 is 27.7 Å². The van der Waals surface area contributed by atoms with Crippen molar-refractivity contribution in [1.29, 1.82) is 0 Å². The molecule has 1 unspecified atom stereocenters. The predicted octanol–water partition coefficient (Wildman–Crippen LogP) is 2.27. The summed E-state index contributed by atoms with van der Waals surface area (Å²) >= 11 is 4.69. The van der Waals surface area contributed by atoms with Crippen LogP contribution in [0.5, 0.6) is 0 Å². The van der Waals surface area contributed by atoms with Crippen LogP contribution in [0.3, 0.4) is 0 Å². The number of hydrogen-bond donors (Lipinski definition) is 2. The molecule has 3 rings (SSSR count). The van der Waals surface area contributed by atoms with Crippen LogP contribution in [0.25, 0.3) is 11.4 Å². The normalized spacial score (nSPS) is 15.6. The number of imide groups is 1. The molecule has 0 saturated carbocycles. The monoisotopic (exact) mass is 395 g/mol. The molecule has 120 valence electrons. The Kier molecular flexibility index (Phi) is 4.67. The molecule has 9 heteroatoms. The van der Waals surface area contributed by atoms with E-state index in [1.54, 1.807) is 6.92 Å². The number of nitrogens with one attached hydrogen (secondary N) is 2. The summed E-state index contributed by atoms with van der Waals surface area (Å²) in [6, 6.07) is 7.33. The number of carbonyl (C=O) groups is 2. The number of aromatic amines is 1. The Labute approximate surface area is 145 Å². The van der Waals surface area contributed by atoms with Crippen molar-refractivity contribution in [2.45, 2.75) is 17.3 Å². The summed E-state index contributed by atoms with van der Waals surface area (Å²) in [7, 11) is 0. The van der Waals surface area contributed by atoms with Crippen LogP contribution in [0.1, 0.15) is 6.92 Å². The average Bonchev–Trinajstić information content (AvgIpc) is 3.16. The molecule has 2 N–H and O–H groups in total. The van der Waals surface area contributed by atoms with E-state index in [0.717, 1.165) is 10.0 Å². The minimum Gasteiger partial charge on any atom is -0.336 e. The number of urea groups is 1. The summed E-state index contributed by atoms with van der Waals surface area (Å²) in [5, 5.41) is 9.65. The molecule has 1 fully saturated rings. The molecule has 1 aliphatic heterocycles. The minimum atomic E-state index is -0.443. The fraction of sp³-hybridized carbons (Fsp3) is 0.286. The molecule has 0 aliphatic carbocycles. The Morgan fingerprint density at radius 3 is 2.91 bits per heavy atom. The highest BCUT2D eigenvalue weighted by molar-refractivity contribution is 9.10. The second kappa shape index (κ2) is 6.71. The summed E-state index contributed by atoms with van der Waals surface area (Å²) in [6.07, 6.45) is 0. The van der Waals surface area contributed by atoms with Gasteiger partial charge in [0, 0.05) is 23.1 Å². The molecule has 1 aliphatic rings. The lowest BCUT2D eigenvalue weighted by Crippen LogP contribution is -2.38. The van der Waals surface area contributed by atoms with E-state index >= 15 is 0 Å². The Balaban J connectivity index is 1.70. The van der Waals surface area contributed by atoms with E-state index in [9.17, 15) is 9.59 Å². The molecular formula is C14H14BrN5O2S. The maximum absolute atomic E-state index is 12.3. The van der Waals surface area contributed by atoms with Gasteiger partial charge >= 0.3 is 6.03 Å². The van der Waals surface area contributed by atoms with E-state index in [1.165, 1.54) is 16.7 Å². The highest BCUT2D eigenvalue weighted by Gasteiger charge is 2.30. The second-order valence-electron chi connectivity index (χ2n) is 4.93. The topological polar surface area (TPSA) is 91.0 Å². The number of benzene rings is 1. The Morgan fingerprint density at radius 1 is 1.43 bits per heavy atom. The number of H-pyrrole nitrogens is 1. The first-order valence-electron chi connectivity index (χ1n) is 6.99. The molecule has 1 aromatic carbocycles. The van der Waals surface area contributed by atoms with Gasteiger partial charge in [-0.15, -0.1) is 5.10 Å². The van der Waals surface area contributed by atoms with Crippen LogP contribution in [-0.4, -0.2) is 50.4 Å². The van der Waals surface area contributed by atoms with Gasteiger partial charge in [-0.1, -0.05) is 45.9 Å². The standard InChI is InChI=1S/C14H14BrN5O2S/c1-8(12(21)20-7-6-16-14(20)22)23-13-17-11(18-19-13)9-4-2-3-5-10(9)15/h2-5,8H,6-7H2,1H3,(H,16,22)(H,17,18,19). The maximum atomic E-state index is 12.3. The molecule has 7 nitrogen and oxygen atoms in total. The Morgan fingerprint density at radius 2 is 2.22 bits per heavy atom. The van der Waals surface area contributed by atoms with E-state index in [0.29, 0.717) is 24.1 Å². The van der Waals surface area contributed by atoms with Gasteiger partial charge in [-0.25, -0.2) is 9.78 Å². The lowest BCUT2D eigenvalue weighted by molar-refractivity contribution is -0.126. The van der Waals surface area contributed by atoms with Crippen molar-refractivity contribution in [2.75, 3.05) is 13.1 Å². The van der Waals surface area contributed by atoms with Crippen LogP contribution in [0.15, 0.2) is 33.9 Å². The molecule has 1 aromatic heterocycles. The first-order valence-corrected chi connectivity index (χ1v) is 8.66. The molecular weight excluding hydrogens is 382 g/mol. The van der Waals surface area contributed by atoms with Crippen molar-refractivity contribution in [3.05, 3.63) is 28.7 Å². The maximum Gasteiger partial charge on any atom is 0.324 e. The predicted molar refractivity (Wildman–Crippen MR) is 89.9 cm³/mol. The first kappa shape index (κ1) is 16.0. The highest BCUT2D eigenvalue weighted by Crippen LogP contribution is 2.28. The SMILES string of the molecule is CC(Sc1n[nH]c(-c2ccccc2Br)n1)C(=O)N1CCNC1=O. The van der Waals surface area contributed by atoms with Gasteiger partial charge in [-0.2, -0.15) is 0 Å². The third kappa shape index (κ3) is 3.40. The number of thioether (sulfide) groups is 1. The summed E-state index contributed by atoms with van der Waals surface area (Å²) in [6.45, 7) is 2.64. The van der Waals surface area contributed by atoms with Gasteiger partial charge < -0.3 is 5.32 Å². The fourth-order valence-corrected chi connectivity index (χ4v) is 3.44. The van der Waals surface area contributed by atoms with Crippen LogP contribution in [0, 0.1) is 0 Å². The molecule has 0 bridgehead atoms. The van der Waals surface area contributed by atoms with E-state index in [4.69, 9.17) is 0 Å². The highest BCUT2D eigenvalue weighted by atomic mass is 79.9. The summed E-state index contributed by atoms with van der Waals surface area (Å²) in [4.78, 5) is 29.4. The van der Waals surface area contributed by atoms with E-state index < -0.39 is 5.25 Å².